The first kappa shape index (κ1) is 14.3. The molecule has 1 aliphatic carbocycles. The minimum atomic E-state index is -1.19. The second kappa shape index (κ2) is 6.37. The molecule has 108 valence electrons. The molecule has 5 heteroatoms. The number of hydrogen-bond acceptors (Lipinski definition) is 3. The van der Waals surface area contributed by atoms with Crippen LogP contribution in [-0.4, -0.2) is 35.7 Å². The van der Waals surface area contributed by atoms with Crippen molar-refractivity contribution in [2.45, 2.75) is 56.9 Å². The van der Waals surface area contributed by atoms with Crippen molar-refractivity contribution in [3.05, 3.63) is 0 Å². The number of hydrogen-bond donors (Lipinski definition) is 2. The molecule has 1 aliphatic heterocycles. The van der Waals surface area contributed by atoms with Gasteiger partial charge < -0.3 is 15.2 Å². The SMILES string of the molecule is O=C(CC1CCCCCC1)NC1(C(=O)O)CCOC1. The summed E-state index contributed by atoms with van der Waals surface area (Å²) in [6.07, 6.45) is 7.87. The summed E-state index contributed by atoms with van der Waals surface area (Å²) in [6, 6.07) is 0. The van der Waals surface area contributed by atoms with Gasteiger partial charge in [-0.05, 0) is 18.8 Å². The molecule has 5 nitrogen and oxygen atoms in total. The molecule has 1 atom stereocenters. The van der Waals surface area contributed by atoms with Gasteiger partial charge in [0, 0.05) is 19.4 Å². The minimum absolute atomic E-state index is 0.0821. The summed E-state index contributed by atoms with van der Waals surface area (Å²) >= 11 is 0. The van der Waals surface area contributed by atoms with Crippen molar-refractivity contribution in [3.8, 4) is 0 Å². The molecule has 0 aromatic rings. The molecular weight excluding hydrogens is 246 g/mol. The van der Waals surface area contributed by atoms with E-state index in [0.717, 1.165) is 12.8 Å². The van der Waals surface area contributed by atoms with E-state index in [4.69, 9.17) is 4.74 Å². The summed E-state index contributed by atoms with van der Waals surface area (Å²) in [6.45, 7) is 0.481. The zero-order valence-electron chi connectivity index (χ0n) is 11.3. The molecule has 1 saturated heterocycles. The van der Waals surface area contributed by atoms with Gasteiger partial charge in [0.2, 0.25) is 5.91 Å². The van der Waals surface area contributed by atoms with Crippen LogP contribution < -0.4 is 5.32 Å². The van der Waals surface area contributed by atoms with Gasteiger partial charge in [-0.25, -0.2) is 4.79 Å². The van der Waals surface area contributed by atoms with Gasteiger partial charge in [0.05, 0.1) is 6.61 Å². The van der Waals surface area contributed by atoms with E-state index in [0.29, 0.717) is 25.4 Å². The standard InChI is InChI=1S/C14H23NO4/c16-12(9-11-5-3-1-2-4-6-11)15-14(13(17)18)7-8-19-10-14/h11H,1-10H2,(H,15,16)(H,17,18). The average Bonchev–Trinajstić information content (AvgIpc) is 2.68. The number of nitrogens with one attached hydrogen (secondary N) is 1. The van der Waals surface area contributed by atoms with Crippen molar-refractivity contribution in [2.75, 3.05) is 13.2 Å². The van der Waals surface area contributed by atoms with Crippen molar-refractivity contribution in [3.63, 3.8) is 0 Å². The Labute approximate surface area is 113 Å². The summed E-state index contributed by atoms with van der Waals surface area (Å²) in [5, 5.41) is 12.0. The van der Waals surface area contributed by atoms with Crippen molar-refractivity contribution in [1.82, 2.24) is 5.32 Å². The van der Waals surface area contributed by atoms with E-state index in [-0.39, 0.29) is 12.5 Å². The number of amides is 1. The Morgan fingerprint density at radius 3 is 2.42 bits per heavy atom. The van der Waals surface area contributed by atoms with Crippen LogP contribution in [0.1, 0.15) is 51.4 Å². The second-order valence-electron chi connectivity index (χ2n) is 5.80. The Bertz CT molecular complexity index is 328. The normalized spacial score (nSPS) is 28.8. The van der Waals surface area contributed by atoms with Crippen molar-refractivity contribution in [2.24, 2.45) is 5.92 Å². The Kier molecular flexibility index (Phi) is 4.80. The van der Waals surface area contributed by atoms with Crippen LogP contribution in [0.15, 0.2) is 0 Å². The highest BCUT2D eigenvalue weighted by Crippen LogP contribution is 2.26. The quantitative estimate of drug-likeness (QED) is 0.762. The maximum Gasteiger partial charge on any atom is 0.331 e. The van der Waals surface area contributed by atoms with Crippen LogP contribution in [0.2, 0.25) is 0 Å². The van der Waals surface area contributed by atoms with Crippen molar-refractivity contribution < 1.29 is 19.4 Å². The van der Waals surface area contributed by atoms with E-state index >= 15 is 0 Å². The number of carbonyl (C=O) groups excluding carboxylic acids is 1. The zero-order valence-corrected chi connectivity index (χ0v) is 11.3. The molecule has 1 heterocycles. The monoisotopic (exact) mass is 269 g/mol. The average molecular weight is 269 g/mol. The summed E-state index contributed by atoms with van der Waals surface area (Å²) in [7, 11) is 0. The van der Waals surface area contributed by atoms with E-state index in [1.165, 1.54) is 25.7 Å². The molecule has 2 N–H and O–H groups in total. The predicted octanol–water partition coefficient (Wildman–Crippen LogP) is 1.71. The maximum atomic E-state index is 12.1. The minimum Gasteiger partial charge on any atom is -0.479 e. The van der Waals surface area contributed by atoms with Gasteiger partial charge in [0.1, 0.15) is 0 Å². The Hall–Kier alpha value is -1.10. The smallest absolute Gasteiger partial charge is 0.331 e. The molecule has 2 fully saturated rings. The molecule has 0 aromatic heterocycles. The van der Waals surface area contributed by atoms with Gasteiger partial charge in [0.25, 0.3) is 0 Å². The van der Waals surface area contributed by atoms with E-state index < -0.39 is 11.5 Å². The van der Waals surface area contributed by atoms with Crippen LogP contribution in [0.4, 0.5) is 0 Å². The van der Waals surface area contributed by atoms with E-state index in [1.54, 1.807) is 0 Å². The van der Waals surface area contributed by atoms with Crippen molar-refractivity contribution >= 4 is 11.9 Å². The third-order valence-electron chi connectivity index (χ3n) is 4.26. The third kappa shape index (κ3) is 3.69. The van der Waals surface area contributed by atoms with Crippen LogP contribution in [0, 0.1) is 5.92 Å². The number of rotatable bonds is 4. The zero-order chi connectivity index (χ0) is 13.7. The topological polar surface area (TPSA) is 75.6 Å². The highest BCUT2D eigenvalue weighted by molar-refractivity contribution is 5.87. The summed E-state index contributed by atoms with van der Waals surface area (Å²) in [5.74, 6) is -0.713. The van der Waals surface area contributed by atoms with E-state index in [1.807, 2.05) is 0 Å². The van der Waals surface area contributed by atoms with Crippen LogP contribution in [0.25, 0.3) is 0 Å². The van der Waals surface area contributed by atoms with Crippen LogP contribution >= 0.6 is 0 Å². The first-order chi connectivity index (χ1) is 9.12. The lowest BCUT2D eigenvalue weighted by molar-refractivity contribution is -0.147. The number of carboxylic acid groups (broad SMARTS) is 1. The van der Waals surface area contributed by atoms with E-state index in [9.17, 15) is 14.7 Å². The number of carboxylic acids is 1. The number of carbonyl (C=O) groups is 2. The molecule has 0 aromatic carbocycles. The van der Waals surface area contributed by atoms with Crippen LogP contribution in [-0.2, 0) is 14.3 Å². The Balaban J connectivity index is 1.87. The van der Waals surface area contributed by atoms with Gasteiger partial charge in [-0.2, -0.15) is 0 Å². The van der Waals surface area contributed by atoms with E-state index in [2.05, 4.69) is 5.32 Å². The third-order valence-corrected chi connectivity index (χ3v) is 4.26. The fourth-order valence-electron chi connectivity index (χ4n) is 3.03. The van der Waals surface area contributed by atoms with Crippen LogP contribution in [0.5, 0.6) is 0 Å². The lowest BCUT2D eigenvalue weighted by atomic mass is 9.94. The fourth-order valence-corrected chi connectivity index (χ4v) is 3.03. The largest absolute Gasteiger partial charge is 0.479 e. The first-order valence-electron chi connectivity index (χ1n) is 7.24. The lowest BCUT2D eigenvalue weighted by Crippen LogP contribution is -2.55. The Morgan fingerprint density at radius 1 is 1.21 bits per heavy atom. The summed E-state index contributed by atoms with van der Waals surface area (Å²) in [5.41, 5.74) is -1.19. The highest BCUT2D eigenvalue weighted by Gasteiger charge is 2.44. The number of ether oxygens (including phenoxy) is 1. The molecule has 1 unspecified atom stereocenters. The molecule has 0 bridgehead atoms. The lowest BCUT2D eigenvalue weighted by Gasteiger charge is -2.25. The van der Waals surface area contributed by atoms with Crippen LogP contribution in [0.3, 0.4) is 0 Å². The van der Waals surface area contributed by atoms with Gasteiger partial charge in [0.15, 0.2) is 5.54 Å². The molecule has 0 radical (unpaired) electrons. The molecule has 1 amide bonds. The molecule has 0 spiro atoms. The van der Waals surface area contributed by atoms with Gasteiger partial charge in [-0.3, -0.25) is 4.79 Å². The predicted molar refractivity (Wildman–Crippen MR) is 69.8 cm³/mol. The summed E-state index contributed by atoms with van der Waals surface area (Å²) in [4.78, 5) is 23.4. The van der Waals surface area contributed by atoms with Gasteiger partial charge >= 0.3 is 5.97 Å². The van der Waals surface area contributed by atoms with Gasteiger partial charge in [-0.1, -0.05) is 25.7 Å². The molecule has 19 heavy (non-hydrogen) atoms. The molecule has 2 aliphatic rings. The molecule has 2 rings (SSSR count). The first-order valence-corrected chi connectivity index (χ1v) is 7.24. The van der Waals surface area contributed by atoms with Gasteiger partial charge in [-0.15, -0.1) is 0 Å². The van der Waals surface area contributed by atoms with Crippen molar-refractivity contribution in [1.29, 1.82) is 0 Å². The molecular formula is C14H23NO4. The highest BCUT2D eigenvalue weighted by atomic mass is 16.5. The fraction of sp³-hybridized carbons (Fsp3) is 0.857. The number of aliphatic carboxylic acids is 1. The second-order valence-corrected chi connectivity index (χ2v) is 5.80. The maximum absolute atomic E-state index is 12.1. The molecule has 1 saturated carbocycles. The summed E-state index contributed by atoms with van der Waals surface area (Å²) < 4.78 is 5.14. The Morgan fingerprint density at radius 2 is 1.89 bits per heavy atom.